The average molecular weight is 480 g/mol. The van der Waals surface area contributed by atoms with Crippen molar-refractivity contribution in [1.82, 2.24) is 19.9 Å². The molecule has 4 rings (SSSR count). The predicted octanol–water partition coefficient (Wildman–Crippen LogP) is 5.48. The van der Waals surface area contributed by atoms with Crippen molar-refractivity contribution in [2.75, 3.05) is 10.6 Å². The minimum atomic E-state index is -2.77. The number of halogens is 6. The highest BCUT2D eigenvalue weighted by Gasteiger charge is 2.43. The largest absolute Gasteiger partial charge is 0.368 e. The molecule has 0 amide bonds. The molecule has 6 nitrogen and oxygen atoms in total. The van der Waals surface area contributed by atoms with Crippen LogP contribution in [0.1, 0.15) is 63.5 Å². The summed E-state index contributed by atoms with van der Waals surface area (Å²) in [5.41, 5.74) is 5.42. The number of nitrogen functional groups attached to an aromatic ring is 1. The SMILES string of the molecule is Nc1nc(-c2nc(C(F)F)cs2)nc(N(C2CCC(F)(F)CC2)C2CCC(F)(F)CC2)n1. The van der Waals surface area contributed by atoms with Crippen molar-refractivity contribution in [2.45, 2.75) is 81.7 Å². The molecule has 2 heterocycles. The van der Waals surface area contributed by atoms with E-state index in [-0.39, 0.29) is 86.2 Å². The molecule has 0 unspecified atom stereocenters. The number of aromatic nitrogens is 4. The molecule has 0 aromatic carbocycles. The zero-order valence-corrected chi connectivity index (χ0v) is 17.8. The topological polar surface area (TPSA) is 80.8 Å². The molecule has 0 spiro atoms. The Balaban J connectivity index is 1.68. The van der Waals surface area contributed by atoms with E-state index in [0.717, 1.165) is 11.3 Å². The van der Waals surface area contributed by atoms with Gasteiger partial charge in [0.25, 0.3) is 6.43 Å². The monoisotopic (exact) mass is 480 g/mol. The van der Waals surface area contributed by atoms with Crippen LogP contribution in [0.5, 0.6) is 0 Å². The lowest BCUT2D eigenvalue weighted by Crippen LogP contribution is -2.50. The molecule has 2 aromatic rings. The summed E-state index contributed by atoms with van der Waals surface area (Å²) in [5.74, 6) is -5.66. The molecule has 2 fully saturated rings. The first kappa shape index (κ1) is 23.0. The van der Waals surface area contributed by atoms with E-state index in [1.165, 1.54) is 5.38 Å². The van der Waals surface area contributed by atoms with Gasteiger partial charge < -0.3 is 10.6 Å². The van der Waals surface area contributed by atoms with Crippen LogP contribution >= 0.6 is 11.3 Å². The number of anilines is 2. The highest BCUT2D eigenvalue weighted by molar-refractivity contribution is 7.13. The van der Waals surface area contributed by atoms with E-state index in [9.17, 15) is 26.3 Å². The average Bonchev–Trinajstić information content (AvgIpc) is 3.21. The molecule has 2 N–H and O–H groups in total. The second kappa shape index (κ2) is 8.64. The normalized spacial score (nSPS) is 21.7. The third-order valence-electron chi connectivity index (χ3n) is 5.97. The fourth-order valence-corrected chi connectivity index (χ4v) is 5.05. The van der Waals surface area contributed by atoms with Crippen LogP contribution in [0.4, 0.5) is 38.2 Å². The van der Waals surface area contributed by atoms with Crippen molar-refractivity contribution >= 4 is 23.2 Å². The maximum absolute atomic E-state index is 13.8. The Hall–Kier alpha value is -2.18. The van der Waals surface area contributed by atoms with Gasteiger partial charge in [0.2, 0.25) is 23.7 Å². The Bertz CT molecular complexity index is 906. The van der Waals surface area contributed by atoms with Gasteiger partial charge in [-0.2, -0.15) is 15.0 Å². The second-order valence-electron chi connectivity index (χ2n) is 8.28. The molecular formula is C19H22F6N6S. The van der Waals surface area contributed by atoms with Gasteiger partial charge in [-0.1, -0.05) is 0 Å². The quantitative estimate of drug-likeness (QED) is 0.571. The van der Waals surface area contributed by atoms with E-state index in [4.69, 9.17) is 5.73 Å². The van der Waals surface area contributed by atoms with Crippen LogP contribution in [0.2, 0.25) is 0 Å². The van der Waals surface area contributed by atoms with Gasteiger partial charge >= 0.3 is 0 Å². The standard InChI is InChI=1S/C19H22F6N6S/c20-13(21)12-9-32-15(27-12)14-28-16(26)30-17(29-14)31(10-1-5-18(22,23)6-2-10)11-3-7-19(24,25)8-4-11/h9-11,13H,1-8H2,(H2,26,28,29,30). The summed E-state index contributed by atoms with van der Waals surface area (Å²) in [4.78, 5) is 18.0. The molecular weight excluding hydrogens is 458 g/mol. The van der Waals surface area contributed by atoms with Gasteiger partial charge in [-0.3, -0.25) is 0 Å². The van der Waals surface area contributed by atoms with Crippen molar-refractivity contribution in [3.63, 3.8) is 0 Å². The molecule has 0 bridgehead atoms. The predicted molar refractivity (Wildman–Crippen MR) is 107 cm³/mol. The maximum atomic E-state index is 13.8. The minimum absolute atomic E-state index is 0.0170. The molecule has 2 saturated carbocycles. The lowest BCUT2D eigenvalue weighted by molar-refractivity contribution is -0.0459. The van der Waals surface area contributed by atoms with Crippen LogP contribution in [-0.2, 0) is 0 Å². The number of thiazole rings is 1. The Morgan fingerprint density at radius 1 is 0.875 bits per heavy atom. The first-order valence-corrected chi connectivity index (χ1v) is 11.2. The molecule has 176 valence electrons. The molecule has 13 heteroatoms. The maximum Gasteiger partial charge on any atom is 0.281 e. The van der Waals surface area contributed by atoms with E-state index in [1.54, 1.807) is 4.90 Å². The van der Waals surface area contributed by atoms with Crippen molar-refractivity contribution < 1.29 is 26.3 Å². The molecule has 0 radical (unpaired) electrons. The molecule has 0 aliphatic heterocycles. The lowest BCUT2D eigenvalue weighted by Gasteiger charge is -2.43. The van der Waals surface area contributed by atoms with Crippen LogP contribution in [0.15, 0.2) is 5.38 Å². The Kier molecular flexibility index (Phi) is 6.21. The number of hydrogen-bond acceptors (Lipinski definition) is 7. The number of nitrogens with two attached hydrogens (primary N) is 1. The minimum Gasteiger partial charge on any atom is -0.368 e. The number of alkyl halides is 6. The Morgan fingerprint density at radius 3 is 1.88 bits per heavy atom. The van der Waals surface area contributed by atoms with Crippen molar-refractivity contribution in [3.8, 4) is 10.8 Å². The van der Waals surface area contributed by atoms with Gasteiger partial charge in [0.05, 0.1) is 0 Å². The third-order valence-corrected chi connectivity index (χ3v) is 6.83. The van der Waals surface area contributed by atoms with E-state index >= 15 is 0 Å². The molecule has 2 aromatic heterocycles. The van der Waals surface area contributed by atoms with Crippen LogP contribution in [-0.4, -0.2) is 43.9 Å². The van der Waals surface area contributed by atoms with Gasteiger partial charge in [-0.15, -0.1) is 11.3 Å². The summed E-state index contributed by atoms with van der Waals surface area (Å²) in [6.45, 7) is 0. The van der Waals surface area contributed by atoms with Crippen LogP contribution in [0, 0.1) is 0 Å². The first-order valence-electron chi connectivity index (χ1n) is 10.3. The van der Waals surface area contributed by atoms with Crippen LogP contribution in [0.3, 0.4) is 0 Å². The number of hydrogen-bond donors (Lipinski definition) is 1. The summed E-state index contributed by atoms with van der Waals surface area (Å²) in [7, 11) is 0. The van der Waals surface area contributed by atoms with Crippen molar-refractivity contribution in [3.05, 3.63) is 11.1 Å². The van der Waals surface area contributed by atoms with Gasteiger partial charge in [0.1, 0.15) is 5.69 Å². The van der Waals surface area contributed by atoms with Crippen LogP contribution < -0.4 is 10.6 Å². The van der Waals surface area contributed by atoms with Gasteiger partial charge in [-0.05, 0) is 25.7 Å². The molecule has 0 saturated heterocycles. The summed E-state index contributed by atoms with van der Waals surface area (Å²) < 4.78 is 80.9. The molecule has 2 aliphatic rings. The Labute approximate surface area is 184 Å². The highest BCUT2D eigenvalue weighted by atomic mass is 32.1. The van der Waals surface area contributed by atoms with Crippen molar-refractivity contribution in [2.24, 2.45) is 0 Å². The van der Waals surface area contributed by atoms with Gasteiger partial charge in [0.15, 0.2) is 10.8 Å². The summed E-state index contributed by atoms with van der Waals surface area (Å²) in [6.07, 6.45) is -3.47. The summed E-state index contributed by atoms with van der Waals surface area (Å²) in [6, 6.07) is -0.761. The fraction of sp³-hybridized carbons (Fsp3) is 0.684. The zero-order valence-electron chi connectivity index (χ0n) is 17.0. The van der Waals surface area contributed by atoms with E-state index < -0.39 is 24.0 Å². The third kappa shape index (κ3) is 5.07. The van der Waals surface area contributed by atoms with Gasteiger partial charge in [-0.25, -0.2) is 31.3 Å². The van der Waals surface area contributed by atoms with Crippen LogP contribution in [0.25, 0.3) is 10.8 Å². The Morgan fingerprint density at radius 2 is 1.41 bits per heavy atom. The summed E-state index contributed by atoms with van der Waals surface area (Å²) >= 11 is 0.914. The first-order chi connectivity index (χ1) is 15.0. The number of nitrogens with zero attached hydrogens (tertiary/aromatic N) is 5. The zero-order chi connectivity index (χ0) is 23.1. The second-order valence-corrected chi connectivity index (χ2v) is 9.14. The van der Waals surface area contributed by atoms with E-state index in [1.807, 2.05) is 0 Å². The number of rotatable bonds is 5. The van der Waals surface area contributed by atoms with E-state index in [0.29, 0.717) is 0 Å². The lowest BCUT2D eigenvalue weighted by atomic mass is 9.86. The smallest absolute Gasteiger partial charge is 0.281 e. The van der Waals surface area contributed by atoms with Gasteiger partial charge in [0, 0.05) is 43.1 Å². The summed E-state index contributed by atoms with van der Waals surface area (Å²) in [5, 5.41) is 1.30. The highest BCUT2D eigenvalue weighted by Crippen LogP contribution is 2.41. The van der Waals surface area contributed by atoms with Crippen molar-refractivity contribution in [1.29, 1.82) is 0 Å². The molecule has 2 aliphatic carbocycles. The fourth-order valence-electron chi connectivity index (χ4n) is 4.31. The molecule has 32 heavy (non-hydrogen) atoms. The van der Waals surface area contributed by atoms with E-state index in [2.05, 4.69) is 19.9 Å². The molecule has 0 atom stereocenters.